The second-order valence-electron chi connectivity index (χ2n) is 8.43. The van der Waals surface area contributed by atoms with Gasteiger partial charge in [-0.15, -0.1) is 0 Å². The van der Waals surface area contributed by atoms with Crippen molar-refractivity contribution in [2.45, 2.75) is 33.0 Å². The van der Waals surface area contributed by atoms with Crippen LogP contribution in [0.25, 0.3) is 16.9 Å². The molecule has 36 heavy (non-hydrogen) atoms. The number of aryl methyl sites for hydroxylation is 1. The fourth-order valence-corrected chi connectivity index (χ4v) is 3.99. The van der Waals surface area contributed by atoms with Crippen LogP contribution in [0.1, 0.15) is 31.1 Å². The standard InChI is InChI=1S/C25H20BrClF2N4O3/c1-13-31-22(36-12-15-4-6-16(28)11-18(15)29)21(26)23(34)33(13)20-10-14(5-7-17(20)27)19-8-9-30-24(32-19)25(2,3)35/h4-11,35H,12H2,1-3H3. The summed E-state index contributed by atoms with van der Waals surface area (Å²) in [6, 6.07) is 9.84. The fourth-order valence-electron chi connectivity index (χ4n) is 3.40. The molecule has 0 aliphatic heterocycles. The Hall–Kier alpha value is -3.21. The maximum atomic E-state index is 14.0. The molecule has 0 spiro atoms. The predicted molar refractivity (Wildman–Crippen MR) is 134 cm³/mol. The Balaban J connectivity index is 1.72. The highest BCUT2D eigenvalue weighted by Gasteiger charge is 2.21. The highest BCUT2D eigenvalue weighted by atomic mass is 79.9. The largest absolute Gasteiger partial charge is 0.472 e. The van der Waals surface area contributed by atoms with Crippen LogP contribution < -0.4 is 10.3 Å². The Labute approximate surface area is 218 Å². The van der Waals surface area contributed by atoms with Gasteiger partial charge in [0.05, 0.1) is 16.4 Å². The second kappa shape index (κ2) is 10.0. The van der Waals surface area contributed by atoms with E-state index in [-0.39, 0.29) is 39.2 Å². The zero-order chi connectivity index (χ0) is 26.2. The number of rotatable bonds is 6. The molecule has 2 aromatic carbocycles. The molecule has 2 aromatic heterocycles. The lowest BCUT2D eigenvalue weighted by molar-refractivity contribution is 0.0688. The minimum absolute atomic E-state index is 0.00319. The average molecular weight is 578 g/mol. The van der Waals surface area contributed by atoms with E-state index in [0.29, 0.717) is 16.9 Å². The summed E-state index contributed by atoms with van der Waals surface area (Å²) in [5, 5.41) is 10.5. The smallest absolute Gasteiger partial charge is 0.276 e. The second-order valence-corrected chi connectivity index (χ2v) is 9.63. The Morgan fingerprint density at radius 1 is 1.14 bits per heavy atom. The van der Waals surface area contributed by atoms with Crippen LogP contribution in [0.5, 0.6) is 5.88 Å². The fraction of sp³-hybridized carbons (Fsp3) is 0.200. The summed E-state index contributed by atoms with van der Waals surface area (Å²) in [6.07, 6.45) is 1.54. The lowest BCUT2D eigenvalue weighted by Crippen LogP contribution is -2.24. The number of hydrogen-bond acceptors (Lipinski definition) is 6. The molecule has 0 aliphatic rings. The van der Waals surface area contributed by atoms with Gasteiger partial charge < -0.3 is 9.84 Å². The van der Waals surface area contributed by atoms with Crippen molar-refractivity contribution in [2.24, 2.45) is 0 Å². The minimum atomic E-state index is -1.24. The number of halogens is 4. The van der Waals surface area contributed by atoms with E-state index < -0.39 is 22.8 Å². The Bertz CT molecular complexity index is 1520. The molecule has 0 atom stereocenters. The first-order chi connectivity index (χ1) is 17.0. The summed E-state index contributed by atoms with van der Waals surface area (Å²) in [5.74, 6) is -1.01. The average Bonchev–Trinajstić information content (AvgIpc) is 2.82. The van der Waals surface area contributed by atoms with E-state index in [0.717, 1.165) is 12.1 Å². The predicted octanol–water partition coefficient (Wildman–Crippen LogP) is 5.50. The zero-order valence-electron chi connectivity index (χ0n) is 19.4. The monoisotopic (exact) mass is 576 g/mol. The van der Waals surface area contributed by atoms with Crippen LogP contribution >= 0.6 is 27.5 Å². The first-order valence-electron chi connectivity index (χ1n) is 10.7. The number of aromatic nitrogens is 4. The molecule has 1 N–H and O–H groups in total. The molecular formula is C25H20BrClF2N4O3. The molecule has 7 nitrogen and oxygen atoms in total. The molecular weight excluding hydrogens is 558 g/mol. The molecule has 2 heterocycles. The van der Waals surface area contributed by atoms with E-state index in [1.54, 1.807) is 45.0 Å². The number of nitrogens with zero attached hydrogens (tertiary/aromatic N) is 4. The van der Waals surface area contributed by atoms with Crippen molar-refractivity contribution >= 4 is 27.5 Å². The number of aliphatic hydroxyl groups is 1. The lowest BCUT2D eigenvalue weighted by atomic mass is 10.1. The summed E-state index contributed by atoms with van der Waals surface area (Å²) in [5.41, 5.74) is -0.116. The molecule has 11 heteroatoms. The van der Waals surface area contributed by atoms with Crippen LogP contribution in [0.3, 0.4) is 0 Å². The van der Waals surface area contributed by atoms with Crippen LogP contribution in [-0.2, 0) is 12.2 Å². The minimum Gasteiger partial charge on any atom is -0.472 e. The van der Waals surface area contributed by atoms with Gasteiger partial charge in [0.15, 0.2) is 5.82 Å². The van der Waals surface area contributed by atoms with Gasteiger partial charge in [-0.3, -0.25) is 9.36 Å². The van der Waals surface area contributed by atoms with Gasteiger partial charge in [-0.2, -0.15) is 4.98 Å². The van der Waals surface area contributed by atoms with E-state index in [4.69, 9.17) is 16.3 Å². The molecule has 0 fully saturated rings. The maximum Gasteiger partial charge on any atom is 0.276 e. The summed E-state index contributed by atoms with van der Waals surface area (Å²) >= 11 is 9.67. The molecule has 0 radical (unpaired) electrons. The van der Waals surface area contributed by atoms with Crippen LogP contribution in [-0.4, -0.2) is 24.6 Å². The van der Waals surface area contributed by atoms with Crippen molar-refractivity contribution in [3.8, 4) is 22.8 Å². The van der Waals surface area contributed by atoms with Crippen LogP contribution in [0.4, 0.5) is 8.78 Å². The van der Waals surface area contributed by atoms with Gasteiger partial charge in [0.1, 0.15) is 34.1 Å². The third kappa shape index (κ3) is 5.30. The van der Waals surface area contributed by atoms with Crippen molar-refractivity contribution in [3.63, 3.8) is 0 Å². The van der Waals surface area contributed by atoms with Gasteiger partial charge in [0, 0.05) is 23.4 Å². The first kappa shape index (κ1) is 25.9. The topological polar surface area (TPSA) is 90.1 Å². The first-order valence-corrected chi connectivity index (χ1v) is 11.8. The molecule has 0 unspecified atom stereocenters. The molecule has 0 amide bonds. The summed E-state index contributed by atoms with van der Waals surface area (Å²) in [4.78, 5) is 26.2. The quantitative estimate of drug-likeness (QED) is 0.326. The van der Waals surface area contributed by atoms with Crippen molar-refractivity contribution < 1.29 is 18.6 Å². The number of ether oxygens (including phenoxy) is 1. The van der Waals surface area contributed by atoms with Gasteiger partial charge >= 0.3 is 0 Å². The Morgan fingerprint density at radius 3 is 2.58 bits per heavy atom. The lowest BCUT2D eigenvalue weighted by Gasteiger charge is -2.17. The van der Waals surface area contributed by atoms with Crippen LogP contribution in [0.15, 0.2) is 57.9 Å². The third-order valence-corrected chi connectivity index (χ3v) is 6.23. The maximum absolute atomic E-state index is 14.0. The van der Waals surface area contributed by atoms with Gasteiger partial charge in [0.25, 0.3) is 5.56 Å². The van der Waals surface area contributed by atoms with Crippen LogP contribution in [0, 0.1) is 18.6 Å². The van der Waals surface area contributed by atoms with E-state index in [2.05, 4.69) is 30.9 Å². The molecule has 0 saturated carbocycles. The molecule has 4 aromatic rings. The van der Waals surface area contributed by atoms with Crippen molar-refractivity contribution in [1.82, 2.24) is 19.5 Å². The van der Waals surface area contributed by atoms with Crippen molar-refractivity contribution in [3.05, 3.63) is 97.4 Å². The van der Waals surface area contributed by atoms with E-state index in [9.17, 15) is 18.7 Å². The van der Waals surface area contributed by atoms with Gasteiger partial charge in [-0.25, -0.2) is 18.7 Å². The van der Waals surface area contributed by atoms with Crippen molar-refractivity contribution in [2.75, 3.05) is 0 Å². The molecule has 186 valence electrons. The van der Waals surface area contributed by atoms with E-state index in [1.807, 2.05) is 0 Å². The zero-order valence-corrected chi connectivity index (χ0v) is 21.7. The summed E-state index contributed by atoms with van der Waals surface area (Å²) in [7, 11) is 0. The molecule has 4 rings (SSSR count). The normalized spacial score (nSPS) is 11.6. The Morgan fingerprint density at radius 2 is 1.89 bits per heavy atom. The van der Waals surface area contributed by atoms with E-state index >= 15 is 0 Å². The molecule has 0 aliphatic carbocycles. The molecule has 0 saturated heterocycles. The Kier molecular flexibility index (Phi) is 7.21. The SMILES string of the molecule is Cc1nc(OCc2ccc(F)cc2F)c(Br)c(=O)n1-c1cc(-c2ccnc(C(C)(C)O)n2)ccc1Cl. The van der Waals surface area contributed by atoms with Gasteiger partial charge in [0.2, 0.25) is 5.88 Å². The molecule has 0 bridgehead atoms. The highest BCUT2D eigenvalue weighted by Crippen LogP contribution is 2.29. The van der Waals surface area contributed by atoms with Crippen molar-refractivity contribution in [1.29, 1.82) is 0 Å². The number of hydrogen-bond donors (Lipinski definition) is 1. The van der Waals surface area contributed by atoms with Gasteiger partial charge in [-0.1, -0.05) is 17.7 Å². The van der Waals surface area contributed by atoms with Gasteiger partial charge in [-0.05, 0) is 67.0 Å². The van der Waals surface area contributed by atoms with E-state index in [1.165, 1.54) is 16.8 Å². The summed E-state index contributed by atoms with van der Waals surface area (Å²) < 4.78 is 34.0. The third-order valence-electron chi connectivity index (χ3n) is 5.23. The number of benzene rings is 2. The summed E-state index contributed by atoms with van der Waals surface area (Å²) in [6.45, 7) is 4.51. The highest BCUT2D eigenvalue weighted by molar-refractivity contribution is 9.10. The van der Waals surface area contributed by atoms with Crippen LogP contribution in [0.2, 0.25) is 5.02 Å².